The van der Waals surface area contributed by atoms with Crippen LogP contribution in [0.4, 0.5) is 4.39 Å². The Bertz CT molecular complexity index is 330. The number of rotatable bonds is 3. The standard InChI is InChI=1S/C10H11BrFNO/c1-7(13-10(14)6-11)8-4-2-3-5-9(8)12/h2-5,7H,6H2,1H3,(H,13,14)/t7-/m1/s1. The van der Waals surface area contributed by atoms with E-state index in [4.69, 9.17) is 0 Å². The third kappa shape index (κ3) is 2.80. The van der Waals surface area contributed by atoms with E-state index in [1.54, 1.807) is 25.1 Å². The van der Waals surface area contributed by atoms with Crippen LogP contribution in [0.25, 0.3) is 0 Å². The zero-order valence-electron chi connectivity index (χ0n) is 7.76. The second-order valence-electron chi connectivity index (χ2n) is 2.94. The van der Waals surface area contributed by atoms with E-state index in [1.807, 2.05) is 0 Å². The van der Waals surface area contributed by atoms with Crippen molar-refractivity contribution in [1.82, 2.24) is 5.32 Å². The zero-order valence-corrected chi connectivity index (χ0v) is 9.34. The van der Waals surface area contributed by atoms with Crippen LogP contribution in [0.3, 0.4) is 0 Å². The van der Waals surface area contributed by atoms with Crippen LogP contribution in [-0.4, -0.2) is 11.2 Å². The Morgan fingerprint density at radius 3 is 2.79 bits per heavy atom. The molecule has 0 aliphatic rings. The number of hydrogen-bond donors (Lipinski definition) is 1. The van der Waals surface area contributed by atoms with Crippen LogP contribution in [0.1, 0.15) is 18.5 Å². The third-order valence-corrected chi connectivity index (χ3v) is 2.38. The first-order valence-electron chi connectivity index (χ1n) is 4.25. The van der Waals surface area contributed by atoms with Gasteiger partial charge in [-0.15, -0.1) is 0 Å². The number of carbonyl (C=O) groups excluding carboxylic acids is 1. The second-order valence-corrected chi connectivity index (χ2v) is 3.51. The van der Waals surface area contributed by atoms with Gasteiger partial charge in [0, 0.05) is 5.56 Å². The molecule has 0 heterocycles. The van der Waals surface area contributed by atoms with Crippen LogP contribution in [0.15, 0.2) is 24.3 Å². The van der Waals surface area contributed by atoms with E-state index in [0.717, 1.165) is 0 Å². The van der Waals surface area contributed by atoms with Gasteiger partial charge in [0.25, 0.3) is 0 Å². The van der Waals surface area contributed by atoms with Crippen molar-refractivity contribution in [3.63, 3.8) is 0 Å². The molecule has 1 aromatic rings. The fraction of sp³-hybridized carbons (Fsp3) is 0.300. The minimum absolute atomic E-state index is 0.152. The smallest absolute Gasteiger partial charge is 0.231 e. The summed E-state index contributed by atoms with van der Waals surface area (Å²) in [4.78, 5) is 11.0. The maximum Gasteiger partial charge on any atom is 0.231 e. The van der Waals surface area contributed by atoms with Crippen molar-refractivity contribution in [2.45, 2.75) is 13.0 Å². The first-order valence-corrected chi connectivity index (χ1v) is 5.37. The average molecular weight is 260 g/mol. The van der Waals surface area contributed by atoms with Crippen LogP contribution in [0, 0.1) is 5.82 Å². The minimum Gasteiger partial charge on any atom is -0.349 e. The number of benzene rings is 1. The van der Waals surface area contributed by atoms with Crippen molar-refractivity contribution in [1.29, 1.82) is 0 Å². The predicted octanol–water partition coefficient (Wildman–Crippen LogP) is 2.40. The Morgan fingerprint density at radius 1 is 1.57 bits per heavy atom. The summed E-state index contributed by atoms with van der Waals surface area (Å²) in [6.45, 7) is 1.75. The number of carbonyl (C=O) groups is 1. The number of alkyl halides is 1. The lowest BCUT2D eigenvalue weighted by atomic mass is 10.1. The summed E-state index contributed by atoms with van der Waals surface area (Å²) in [7, 11) is 0. The van der Waals surface area contributed by atoms with Gasteiger partial charge >= 0.3 is 0 Å². The van der Waals surface area contributed by atoms with Crippen molar-refractivity contribution < 1.29 is 9.18 Å². The molecule has 76 valence electrons. The summed E-state index contributed by atoms with van der Waals surface area (Å²) < 4.78 is 13.2. The van der Waals surface area contributed by atoms with Gasteiger partial charge in [0.15, 0.2) is 0 Å². The number of halogens is 2. The van der Waals surface area contributed by atoms with E-state index in [0.29, 0.717) is 5.56 Å². The molecule has 14 heavy (non-hydrogen) atoms. The van der Waals surface area contributed by atoms with E-state index in [-0.39, 0.29) is 23.1 Å². The average Bonchev–Trinajstić information content (AvgIpc) is 2.18. The molecule has 1 N–H and O–H groups in total. The summed E-state index contributed by atoms with van der Waals surface area (Å²) in [5.41, 5.74) is 0.502. The van der Waals surface area contributed by atoms with Crippen molar-refractivity contribution >= 4 is 21.8 Å². The minimum atomic E-state index is -0.304. The Kier molecular flexibility index (Phi) is 4.07. The van der Waals surface area contributed by atoms with E-state index in [1.165, 1.54) is 6.07 Å². The Balaban J connectivity index is 2.74. The molecule has 0 spiro atoms. The monoisotopic (exact) mass is 259 g/mol. The van der Waals surface area contributed by atoms with Crippen LogP contribution in [0.5, 0.6) is 0 Å². The Labute approximate surface area is 90.6 Å². The maximum absolute atomic E-state index is 13.2. The molecule has 0 saturated carbocycles. The predicted molar refractivity (Wildman–Crippen MR) is 56.8 cm³/mol. The molecule has 0 bridgehead atoms. The van der Waals surface area contributed by atoms with Crippen LogP contribution in [0.2, 0.25) is 0 Å². The van der Waals surface area contributed by atoms with Crippen LogP contribution < -0.4 is 5.32 Å². The normalized spacial score (nSPS) is 12.2. The molecule has 0 radical (unpaired) electrons. The van der Waals surface area contributed by atoms with Gasteiger partial charge in [-0.3, -0.25) is 4.79 Å². The summed E-state index contributed by atoms with van der Waals surface area (Å²) >= 11 is 3.03. The highest BCUT2D eigenvalue weighted by molar-refractivity contribution is 9.09. The second kappa shape index (κ2) is 5.10. The van der Waals surface area contributed by atoms with Gasteiger partial charge in [-0.2, -0.15) is 0 Å². The fourth-order valence-electron chi connectivity index (χ4n) is 1.18. The van der Waals surface area contributed by atoms with Gasteiger partial charge in [0.1, 0.15) is 5.82 Å². The van der Waals surface area contributed by atoms with Crippen molar-refractivity contribution in [3.05, 3.63) is 35.6 Å². The molecule has 4 heteroatoms. The fourth-order valence-corrected chi connectivity index (χ4v) is 1.35. The van der Waals surface area contributed by atoms with E-state index >= 15 is 0 Å². The summed E-state index contributed by atoms with van der Waals surface area (Å²) in [5.74, 6) is -0.448. The van der Waals surface area contributed by atoms with E-state index in [2.05, 4.69) is 21.2 Å². The quantitative estimate of drug-likeness (QED) is 0.831. The summed E-state index contributed by atoms with van der Waals surface area (Å²) in [6.07, 6.45) is 0. The highest BCUT2D eigenvalue weighted by atomic mass is 79.9. The lowest BCUT2D eigenvalue weighted by molar-refractivity contribution is -0.119. The highest BCUT2D eigenvalue weighted by Gasteiger charge is 2.11. The lowest BCUT2D eigenvalue weighted by Crippen LogP contribution is -2.27. The molecule has 1 aromatic carbocycles. The van der Waals surface area contributed by atoms with Crippen LogP contribution >= 0.6 is 15.9 Å². The molecule has 1 atom stereocenters. The summed E-state index contributed by atoms with van der Waals surface area (Å²) in [5, 5.41) is 2.89. The maximum atomic E-state index is 13.2. The van der Waals surface area contributed by atoms with Gasteiger partial charge < -0.3 is 5.32 Å². The number of nitrogens with one attached hydrogen (secondary N) is 1. The van der Waals surface area contributed by atoms with Gasteiger partial charge in [-0.05, 0) is 13.0 Å². The first kappa shape index (κ1) is 11.2. The molecule has 0 saturated heterocycles. The molecule has 0 fully saturated rings. The van der Waals surface area contributed by atoms with Crippen molar-refractivity contribution in [2.75, 3.05) is 5.33 Å². The Hall–Kier alpha value is -0.900. The van der Waals surface area contributed by atoms with E-state index in [9.17, 15) is 9.18 Å². The third-order valence-electron chi connectivity index (χ3n) is 1.87. The van der Waals surface area contributed by atoms with E-state index < -0.39 is 0 Å². The molecule has 2 nitrogen and oxygen atoms in total. The van der Waals surface area contributed by atoms with Gasteiger partial charge in [-0.1, -0.05) is 34.1 Å². The molecule has 1 amide bonds. The van der Waals surface area contributed by atoms with Gasteiger partial charge in [0.05, 0.1) is 11.4 Å². The summed E-state index contributed by atoms with van der Waals surface area (Å²) in [6, 6.07) is 6.11. The van der Waals surface area contributed by atoms with Crippen molar-refractivity contribution in [2.24, 2.45) is 0 Å². The van der Waals surface area contributed by atoms with Gasteiger partial charge in [0.2, 0.25) is 5.91 Å². The first-order chi connectivity index (χ1) is 6.65. The largest absolute Gasteiger partial charge is 0.349 e. The molecule has 1 rings (SSSR count). The van der Waals surface area contributed by atoms with Gasteiger partial charge in [-0.25, -0.2) is 4.39 Å². The topological polar surface area (TPSA) is 29.1 Å². The molecular weight excluding hydrogens is 249 g/mol. The number of amides is 1. The van der Waals surface area contributed by atoms with Crippen LogP contribution in [-0.2, 0) is 4.79 Å². The number of hydrogen-bond acceptors (Lipinski definition) is 1. The molecule has 0 aromatic heterocycles. The lowest BCUT2D eigenvalue weighted by Gasteiger charge is -2.13. The SMILES string of the molecule is C[C@@H](NC(=O)CBr)c1ccccc1F. The zero-order chi connectivity index (χ0) is 10.6. The molecule has 0 unspecified atom stereocenters. The highest BCUT2D eigenvalue weighted by Crippen LogP contribution is 2.15. The Morgan fingerprint density at radius 2 is 2.21 bits per heavy atom. The molecule has 0 aliphatic carbocycles. The molecule has 0 aliphatic heterocycles. The van der Waals surface area contributed by atoms with Crippen molar-refractivity contribution in [3.8, 4) is 0 Å². The molecular formula is C10H11BrFNO.